The summed E-state index contributed by atoms with van der Waals surface area (Å²) >= 11 is 0. The minimum absolute atomic E-state index is 0.147. The maximum Gasteiger partial charge on any atom is 0.139 e. The Kier molecular flexibility index (Phi) is 3.66. The van der Waals surface area contributed by atoms with Gasteiger partial charge in [-0.05, 0) is 25.7 Å². The normalized spacial score (nSPS) is 25.6. The Morgan fingerprint density at radius 3 is 2.69 bits per heavy atom. The van der Waals surface area contributed by atoms with Crippen LogP contribution in [0.3, 0.4) is 0 Å². The van der Waals surface area contributed by atoms with Crippen molar-refractivity contribution in [3.63, 3.8) is 0 Å². The fourth-order valence-electron chi connectivity index (χ4n) is 2.11. The summed E-state index contributed by atoms with van der Waals surface area (Å²) in [5.41, 5.74) is 5.68. The first-order valence-corrected chi connectivity index (χ1v) is 5.90. The minimum atomic E-state index is 0.147. The standard InChI is InChI=1S/C11H20N2O3/c12-10(13-14)7-11(3-4-11)8-16-9-1-5-15-6-2-9/h9,14H,1-8H2,(H2,12,13). The van der Waals surface area contributed by atoms with E-state index in [0.717, 1.165) is 45.5 Å². The second-order valence-corrected chi connectivity index (χ2v) is 4.89. The molecule has 0 aromatic carbocycles. The van der Waals surface area contributed by atoms with Crippen LogP contribution >= 0.6 is 0 Å². The Labute approximate surface area is 95.6 Å². The molecule has 1 saturated heterocycles. The molecular formula is C11H20N2O3. The number of hydrogen-bond donors (Lipinski definition) is 2. The van der Waals surface area contributed by atoms with Gasteiger partial charge in [-0.2, -0.15) is 0 Å². The van der Waals surface area contributed by atoms with E-state index in [0.29, 0.717) is 18.4 Å². The summed E-state index contributed by atoms with van der Waals surface area (Å²) in [4.78, 5) is 0. The Morgan fingerprint density at radius 1 is 1.44 bits per heavy atom. The van der Waals surface area contributed by atoms with Gasteiger partial charge in [-0.3, -0.25) is 0 Å². The molecule has 2 aliphatic rings. The fourth-order valence-corrected chi connectivity index (χ4v) is 2.11. The summed E-state index contributed by atoms with van der Waals surface area (Å²) in [5.74, 6) is 0.313. The lowest BCUT2D eigenvalue weighted by Gasteiger charge is -2.25. The van der Waals surface area contributed by atoms with Crippen LogP contribution in [0.4, 0.5) is 0 Å². The molecule has 0 amide bonds. The molecule has 1 saturated carbocycles. The molecule has 1 aliphatic heterocycles. The van der Waals surface area contributed by atoms with Crippen LogP contribution in [0.2, 0.25) is 0 Å². The molecule has 2 rings (SSSR count). The van der Waals surface area contributed by atoms with E-state index in [1.54, 1.807) is 0 Å². The first kappa shape index (κ1) is 11.7. The van der Waals surface area contributed by atoms with Crippen LogP contribution in [0, 0.1) is 5.41 Å². The van der Waals surface area contributed by atoms with Crippen molar-refractivity contribution in [2.75, 3.05) is 19.8 Å². The molecule has 5 nitrogen and oxygen atoms in total. The molecule has 0 spiro atoms. The van der Waals surface area contributed by atoms with Crippen molar-refractivity contribution >= 4 is 5.84 Å². The number of oxime groups is 1. The van der Waals surface area contributed by atoms with Crippen LogP contribution in [0.25, 0.3) is 0 Å². The van der Waals surface area contributed by atoms with Gasteiger partial charge in [0, 0.05) is 25.0 Å². The number of nitrogens with two attached hydrogens (primary N) is 1. The second kappa shape index (κ2) is 5.01. The molecule has 5 heteroatoms. The van der Waals surface area contributed by atoms with Crippen LogP contribution in [0.1, 0.15) is 32.1 Å². The van der Waals surface area contributed by atoms with Gasteiger partial charge in [0.1, 0.15) is 5.84 Å². The van der Waals surface area contributed by atoms with Crippen molar-refractivity contribution in [1.82, 2.24) is 0 Å². The zero-order chi connectivity index (χ0) is 11.4. The zero-order valence-electron chi connectivity index (χ0n) is 9.52. The van der Waals surface area contributed by atoms with Crippen molar-refractivity contribution in [3.8, 4) is 0 Å². The van der Waals surface area contributed by atoms with E-state index in [1.165, 1.54) is 0 Å². The summed E-state index contributed by atoms with van der Waals surface area (Å²) in [5, 5.41) is 11.6. The second-order valence-electron chi connectivity index (χ2n) is 4.89. The third kappa shape index (κ3) is 3.09. The highest BCUT2D eigenvalue weighted by atomic mass is 16.5. The van der Waals surface area contributed by atoms with Gasteiger partial charge in [0.2, 0.25) is 0 Å². The highest BCUT2D eigenvalue weighted by Gasteiger charge is 2.44. The first-order chi connectivity index (χ1) is 7.74. The SMILES string of the molecule is NC(CC1(COC2CCOCC2)CC1)=NO. The van der Waals surface area contributed by atoms with Crippen molar-refractivity contribution < 1.29 is 14.7 Å². The predicted molar refractivity (Wildman–Crippen MR) is 59.5 cm³/mol. The molecule has 3 N–H and O–H groups in total. The van der Waals surface area contributed by atoms with Crippen molar-refractivity contribution in [3.05, 3.63) is 0 Å². The smallest absolute Gasteiger partial charge is 0.139 e. The highest BCUT2D eigenvalue weighted by molar-refractivity contribution is 5.80. The number of amidine groups is 1. The zero-order valence-corrected chi connectivity index (χ0v) is 9.52. The third-order valence-corrected chi connectivity index (χ3v) is 3.44. The lowest BCUT2D eigenvalue weighted by molar-refractivity contribution is -0.0456. The summed E-state index contributed by atoms with van der Waals surface area (Å²) in [6.07, 6.45) is 5.18. The van der Waals surface area contributed by atoms with E-state index in [-0.39, 0.29) is 5.41 Å². The molecule has 0 radical (unpaired) electrons. The largest absolute Gasteiger partial charge is 0.409 e. The fraction of sp³-hybridized carbons (Fsp3) is 0.909. The molecule has 0 atom stereocenters. The average Bonchev–Trinajstić information content (AvgIpc) is 3.08. The molecule has 16 heavy (non-hydrogen) atoms. The highest BCUT2D eigenvalue weighted by Crippen LogP contribution is 2.49. The molecule has 1 aliphatic carbocycles. The van der Waals surface area contributed by atoms with Crippen LogP contribution in [0.15, 0.2) is 5.16 Å². The van der Waals surface area contributed by atoms with Crippen LogP contribution in [0.5, 0.6) is 0 Å². The minimum Gasteiger partial charge on any atom is -0.409 e. The van der Waals surface area contributed by atoms with Crippen LogP contribution in [-0.4, -0.2) is 37.0 Å². The molecule has 0 aromatic rings. The van der Waals surface area contributed by atoms with E-state index >= 15 is 0 Å². The monoisotopic (exact) mass is 228 g/mol. The molecule has 0 bridgehead atoms. The van der Waals surface area contributed by atoms with E-state index in [1.807, 2.05) is 0 Å². The van der Waals surface area contributed by atoms with Gasteiger partial charge >= 0.3 is 0 Å². The number of nitrogens with zero attached hydrogens (tertiary/aromatic N) is 1. The van der Waals surface area contributed by atoms with E-state index in [4.69, 9.17) is 20.4 Å². The van der Waals surface area contributed by atoms with Gasteiger partial charge in [-0.15, -0.1) is 0 Å². The Bertz CT molecular complexity index is 258. The topological polar surface area (TPSA) is 77.1 Å². The van der Waals surface area contributed by atoms with Crippen LogP contribution in [-0.2, 0) is 9.47 Å². The van der Waals surface area contributed by atoms with E-state index in [9.17, 15) is 0 Å². The lowest BCUT2D eigenvalue weighted by Crippen LogP contribution is -2.28. The molecule has 92 valence electrons. The Morgan fingerprint density at radius 2 is 2.12 bits per heavy atom. The van der Waals surface area contributed by atoms with Gasteiger partial charge in [-0.1, -0.05) is 5.16 Å². The van der Waals surface area contributed by atoms with E-state index in [2.05, 4.69) is 5.16 Å². The van der Waals surface area contributed by atoms with Gasteiger partial charge in [0.15, 0.2) is 0 Å². The predicted octanol–water partition coefficient (Wildman–Crippen LogP) is 1.10. The maximum atomic E-state index is 8.55. The maximum absolute atomic E-state index is 8.55. The quantitative estimate of drug-likeness (QED) is 0.320. The molecule has 2 fully saturated rings. The lowest BCUT2D eigenvalue weighted by atomic mass is 10.0. The van der Waals surface area contributed by atoms with Crippen molar-refractivity contribution in [1.29, 1.82) is 0 Å². The van der Waals surface area contributed by atoms with Crippen LogP contribution < -0.4 is 5.73 Å². The third-order valence-electron chi connectivity index (χ3n) is 3.44. The molecule has 0 unspecified atom stereocenters. The van der Waals surface area contributed by atoms with Gasteiger partial charge < -0.3 is 20.4 Å². The number of hydrogen-bond acceptors (Lipinski definition) is 4. The van der Waals surface area contributed by atoms with Crippen molar-refractivity contribution in [2.24, 2.45) is 16.3 Å². The van der Waals surface area contributed by atoms with Crippen molar-refractivity contribution in [2.45, 2.75) is 38.2 Å². The molecule has 1 heterocycles. The number of ether oxygens (including phenoxy) is 2. The van der Waals surface area contributed by atoms with Gasteiger partial charge in [0.25, 0.3) is 0 Å². The average molecular weight is 228 g/mol. The van der Waals surface area contributed by atoms with Gasteiger partial charge in [-0.25, -0.2) is 0 Å². The summed E-state index contributed by atoms with van der Waals surface area (Å²) in [7, 11) is 0. The van der Waals surface area contributed by atoms with E-state index < -0.39 is 0 Å². The summed E-state index contributed by atoms with van der Waals surface area (Å²) in [6, 6.07) is 0. The molecule has 0 aromatic heterocycles. The Hall–Kier alpha value is -0.810. The summed E-state index contributed by atoms with van der Waals surface area (Å²) < 4.78 is 11.2. The number of rotatable bonds is 5. The Balaban J connectivity index is 1.72. The first-order valence-electron chi connectivity index (χ1n) is 5.90. The molecular weight excluding hydrogens is 208 g/mol. The summed E-state index contributed by atoms with van der Waals surface area (Å²) in [6.45, 7) is 2.34. The van der Waals surface area contributed by atoms with Gasteiger partial charge in [0.05, 0.1) is 12.7 Å².